The Kier molecular flexibility index (Phi) is 7.91. The number of likely N-dealkylation sites (tertiary alicyclic amines) is 1. The molecule has 1 amide bonds. The maximum atomic E-state index is 12.9. The van der Waals surface area contributed by atoms with Crippen LogP contribution < -0.4 is 0 Å². The number of carbonyl (C=O) groups excluding carboxylic acids is 2. The van der Waals surface area contributed by atoms with E-state index < -0.39 is 17.6 Å². The zero-order valence-electron chi connectivity index (χ0n) is 19.5. The van der Waals surface area contributed by atoms with Crippen LogP contribution in [0.1, 0.15) is 38.8 Å². The third-order valence-electron chi connectivity index (χ3n) is 5.46. The van der Waals surface area contributed by atoms with Crippen molar-refractivity contribution in [3.8, 4) is 0 Å². The molecule has 1 heterocycles. The van der Waals surface area contributed by atoms with Gasteiger partial charge in [0, 0.05) is 32.2 Å². The molecule has 0 aliphatic carbocycles. The molecule has 2 aromatic carbocycles. The number of ether oxygens (including phenoxy) is 2. The first-order valence-electron chi connectivity index (χ1n) is 11.2. The summed E-state index contributed by atoms with van der Waals surface area (Å²) in [5.41, 5.74) is 1.71. The summed E-state index contributed by atoms with van der Waals surface area (Å²) in [5.74, 6) is -0.704. The molecule has 2 aromatic rings. The number of hydrogen-bond acceptors (Lipinski definition) is 5. The number of amides is 1. The second-order valence-corrected chi connectivity index (χ2v) is 9.19. The molecule has 1 fully saturated rings. The normalized spacial score (nSPS) is 18.6. The van der Waals surface area contributed by atoms with Crippen LogP contribution in [-0.4, -0.2) is 53.2 Å². The van der Waals surface area contributed by atoms with Gasteiger partial charge in [0.1, 0.15) is 5.60 Å². The summed E-state index contributed by atoms with van der Waals surface area (Å²) in [5, 5.41) is 0. The van der Waals surface area contributed by atoms with Gasteiger partial charge < -0.3 is 14.4 Å². The average molecular weight is 439 g/mol. The Morgan fingerprint density at radius 3 is 1.94 bits per heavy atom. The van der Waals surface area contributed by atoms with Crippen molar-refractivity contribution in [2.75, 3.05) is 19.7 Å². The zero-order chi connectivity index (χ0) is 23.1. The average Bonchev–Trinajstić information content (AvgIpc) is 3.20. The van der Waals surface area contributed by atoms with Crippen LogP contribution in [0.3, 0.4) is 0 Å². The molecular formula is C26H34N2O4. The summed E-state index contributed by atoms with van der Waals surface area (Å²) in [7, 11) is 0. The monoisotopic (exact) mass is 438 g/mol. The van der Waals surface area contributed by atoms with Gasteiger partial charge in [-0.05, 0) is 38.8 Å². The van der Waals surface area contributed by atoms with E-state index in [0.717, 1.165) is 11.1 Å². The molecule has 0 spiro atoms. The number of benzene rings is 2. The van der Waals surface area contributed by atoms with Crippen molar-refractivity contribution in [2.45, 2.75) is 52.4 Å². The molecule has 32 heavy (non-hydrogen) atoms. The lowest BCUT2D eigenvalue weighted by atomic mass is 10.0. The van der Waals surface area contributed by atoms with Crippen molar-refractivity contribution in [3.05, 3.63) is 71.8 Å². The second-order valence-electron chi connectivity index (χ2n) is 9.19. The minimum Gasteiger partial charge on any atom is -0.466 e. The standard InChI is InChI=1S/C26H34N2O4/c1-5-31-24(29)22-18-28(25(30)32-26(2,3)4)19-23(22)27(16-20-12-8-6-9-13-20)17-21-14-10-7-11-15-21/h6-15,22-23H,5,16-19H2,1-4H3/t22-,23-/m1/s1. The molecule has 0 radical (unpaired) electrons. The lowest BCUT2D eigenvalue weighted by Crippen LogP contribution is -2.43. The van der Waals surface area contributed by atoms with Crippen LogP contribution in [0, 0.1) is 5.92 Å². The first-order chi connectivity index (χ1) is 15.3. The van der Waals surface area contributed by atoms with Crippen LogP contribution in [0.2, 0.25) is 0 Å². The summed E-state index contributed by atoms with van der Waals surface area (Å²) in [4.78, 5) is 29.6. The van der Waals surface area contributed by atoms with Crippen LogP contribution in [-0.2, 0) is 27.4 Å². The molecule has 0 bridgehead atoms. The molecule has 1 saturated heterocycles. The van der Waals surface area contributed by atoms with E-state index >= 15 is 0 Å². The first-order valence-corrected chi connectivity index (χ1v) is 11.2. The van der Waals surface area contributed by atoms with Crippen LogP contribution >= 0.6 is 0 Å². The second kappa shape index (κ2) is 10.6. The quantitative estimate of drug-likeness (QED) is 0.596. The Labute approximate surface area is 191 Å². The Morgan fingerprint density at radius 2 is 1.47 bits per heavy atom. The number of esters is 1. The van der Waals surface area contributed by atoms with Gasteiger partial charge in [-0.3, -0.25) is 9.69 Å². The number of nitrogens with zero attached hydrogens (tertiary/aromatic N) is 2. The van der Waals surface area contributed by atoms with Gasteiger partial charge >= 0.3 is 12.1 Å². The molecule has 3 rings (SSSR count). The summed E-state index contributed by atoms with van der Waals surface area (Å²) < 4.78 is 11.0. The molecule has 6 nitrogen and oxygen atoms in total. The highest BCUT2D eigenvalue weighted by Gasteiger charge is 2.44. The predicted molar refractivity (Wildman–Crippen MR) is 124 cm³/mol. The Balaban J connectivity index is 1.88. The SMILES string of the molecule is CCOC(=O)[C@@H]1CN(C(=O)OC(C)(C)C)C[C@H]1N(Cc1ccccc1)Cc1ccccc1. The van der Waals surface area contributed by atoms with E-state index in [-0.39, 0.29) is 12.0 Å². The van der Waals surface area contributed by atoms with Crippen LogP contribution in [0.15, 0.2) is 60.7 Å². The molecule has 1 aliphatic rings. The van der Waals surface area contributed by atoms with E-state index in [1.54, 1.807) is 11.8 Å². The molecule has 6 heteroatoms. The maximum absolute atomic E-state index is 12.9. The van der Waals surface area contributed by atoms with Crippen molar-refractivity contribution in [2.24, 2.45) is 5.92 Å². The van der Waals surface area contributed by atoms with E-state index in [0.29, 0.717) is 32.8 Å². The molecule has 0 N–H and O–H groups in total. The van der Waals surface area contributed by atoms with Gasteiger partial charge in [0.05, 0.1) is 12.5 Å². The van der Waals surface area contributed by atoms with E-state index in [9.17, 15) is 9.59 Å². The molecule has 0 unspecified atom stereocenters. The topological polar surface area (TPSA) is 59.1 Å². The Morgan fingerprint density at radius 1 is 0.938 bits per heavy atom. The highest BCUT2D eigenvalue weighted by Crippen LogP contribution is 2.28. The Hall–Kier alpha value is -2.86. The number of rotatable bonds is 7. The molecule has 1 aliphatic heterocycles. The summed E-state index contributed by atoms with van der Waals surface area (Å²) in [6, 6.07) is 20.2. The highest BCUT2D eigenvalue weighted by atomic mass is 16.6. The lowest BCUT2D eigenvalue weighted by Gasteiger charge is -2.32. The first kappa shape index (κ1) is 23.8. The van der Waals surface area contributed by atoms with Crippen molar-refractivity contribution in [1.29, 1.82) is 0 Å². The largest absolute Gasteiger partial charge is 0.466 e. The number of carbonyl (C=O) groups is 2. The zero-order valence-corrected chi connectivity index (χ0v) is 19.5. The van der Waals surface area contributed by atoms with Gasteiger partial charge in [0.15, 0.2) is 0 Å². The summed E-state index contributed by atoms with van der Waals surface area (Å²) in [6.45, 7) is 9.69. The molecule has 2 atom stereocenters. The fourth-order valence-corrected chi connectivity index (χ4v) is 4.04. The summed E-state index contributed by atoms with van der Waals surface area (Å²) >= 11 is 0. The van der Waals surface area contributed by atoms with Gasteiger partial charge in [-0.25, -0.2) is 4.79 Å². The van der Waals surface area contributed by atoms with Gasteiger partial charge in [-0.15, -0.1) is 0 Å². The van der Waals surface area contributed by atoms with Crippen molar-refractivity contribution >= 4 is 12.1 Å². The van der Waals surface area contributed by atoms with Crippen molar-refractivity contribution < 1.29 is 19.1 Å². The number of hydrogen-bond donors (Lipinski definition) is 0. The molecule has 0 aromatic heterocycles. The predicted octanol–water partition coefficient (Wildman–Crippen LogP) is 4.49. The smallest absolute Gasteiger partial charge is 0.410 e. The summed E-state index contributed by atoms with van der Waals surface area (Å²) in [6.07, 6.45) is -0.395. The lowest BCUT2D eigenvalue weighted by molar-refractivity contribution is -0.149. The van der Waals surface area contributed by atoms with Crippen molar-refractivity contribution in [3.63, 3.8) is 0 Å². The van der Waals surface area contributed by atoms with Gasteiger partial charge in [0.2, 0.25) is 0 Å². The minimum atomic E-state index is -0.595. The maximum Gasteiger partial charge on any atom is 0.410 e. The Bertz CT molecular complexity index is 838. The van der Waals surface area contributed by atoms with Gasteiger partial charge in [0.25, 0.3) is 0 Å². The molecular weight excluding hydrogens is 404 g/mol. The van der Waals surface area contributed by atoms with E-state index in [2.05, 4.69) is 29.2 Å². The molecule has 0 saturated carbocycles. The highest BCUT2D eigenvalue weighted by molar-refractivity contribution is 5.77. The third-order valence-corrected chi connectivity index (χ3v) is 5.46. The fraction of sp³-hybridized carbons (Fsp3) is 0.462. The minimum absolute atomic E-state index is 0.179. The van der Waals surface area contributed by atoms with Gasteiger partial charge in [-0.1, -0.05) is 60.7 Å². The fourth-order valence-electron chi connectivity index (χ4n) is 4.04. The van der Waals surface area contributed by atoms with Crippen LogP contribution in [0.25, 0.3) is 0 Å². The van der Waals surface area contributed by atoms with Crippen molar-refractivity contribution in [1.82, 2.24) is 9.80 Å². The van der Waals surface area contributed by atoms with E-state index in [1.807, 2.05) is 57.2 Å². The third kappa shape index (κ3) is 6.57. The van der Waals surface area contributed by atoms with Crippen LogP contribution in [0.5, 0.6) is 0 Å². The van der Waals surface area contributed by atoms with Gasteiger partial charge in [-0.2, -0.15) is 0 Å². The van der Waals surface area contributed by atoms with E-state index in [4.69, 9.17) is 9.47 Å². The van der Waals surface area contributed by atoms with Crippen LogP contribution in [0.4, 0.5) is 4.79 Å². The van der Waals surface area contributed by atoms with E-state index in [1.165, 1.54) is 0 Å². The molecule has 172 valence electrons.